The van der Waals surface area contributed by atoms with Gasteiger partial charge in [-0.05, 0) is 36.7 Å². The molecule has 1 unspecified atom stereocenters. The van der Waals surface area contributed by atoms with Crippen molar-refractivity contribution in [2.24, 2.45) is 5.92 Å². The van der Waals surface area contributed by atoms with Crippen LogP contribution in [0.15, 0.2) is 40.8 Å². The number of benzene rings is 1. The molecule has 0 aliphatic heterocycles. The highest BCUT2D eigenvalue weighted by Gasteiger charge is 2.10. The van der Waals surface area contributed by atoms with Crippen LogP contribution in [-0.4, -0.2) is 11.5 Å². The van der Waals surface area contributed by atoms with Gasteiger partial charge < -0.3 is 9.73 Å². The molecular formula is C17H20N2OS. The van der Waals surface area contributed by atoms with E-state index >= 15 is 0 Å². The van der Waals surface area contributed by atoms with Crippen molar-refractivity contribution in [2.45, 2.75) is 26.8 Å². The van der Waals surface area contributed by atoms with Gasteiger partial charge in [0.05, 0.1) is 16.8 Å². The Kier molecular flexibility index (Phi) is 4.36. The quantitative estimate of drug-likeness (QED) is 0.717. The van der Waals surface area contributed by atoms with E-state index in [4.69, 9.17) is 4.42 Å². The molecule has 110 valence electrons. The molecule has 2 heterocycles. The number of fused-ring (bicyclic) bond motifs is 1. The van der Waals surface area contributed by atoms with Crippen LogP contribution in [0.1, 0.15) is 26.0 Å². The number of thiazole rings is 1. The Hall–Kier alpha value is -1.65. The first-order chi connectivity index (χ1) is 10.3. The maximum atomic E-state index is 5.90. The average molecular weight is 300 g/mol. The molecule has 1 atom stereocenters. The van der Waals surface area contributed by atoms with Gasteiger partial charge in [-0.15, -0.1) is 11.3 Å². The first-order valence-electron chi connectivity index (χ1n) is 7.41. The van der Waals surface area contributed by atoms with Crippen molar-refractivity contribution in [1.82, 2.24) is 10.3 Å². The molecule has 0 saturated carbocycles. The fourth-order valence-electron chi connectivity index (χ4n) is 2.15. The lowest BCUT2D eigenvalue weighted by Crippen LogP contribution is -2.19. The molecule has 0 amide bonds. The van der Waals surface area contributed by atoms with E-state index in [1.54, 1.807) is 11.3 Å². The molecule has 3 nitrogen and oxygen atoms in total. The Morgan fingerprint density at radius 2 is 2.10 bits per heavy atom. The average Bonchev–Trinajstić information content (AvgIpc) is 3.13. The summed E-state index contributed by atoms with van der Waals surface area (Å²) in [4.78, 5) is 4.62. The number of hydrogen-bond acceptors (Lipinski definition) is 4. The Morgan fingerprint density at radius 3 is 2.90 bits per heavy atom. The van der Waals surface area contributed by atoms with E-state index in [1.165, 1.54) is 11.1 Å². The van der Waals surface area contributed by atoms with Crippen molar-refractivity contribution < 1.29 is 4.42 Å². The molecule has 1 aromatic carbocycles. The van der Waals surface area contributed by atoms with Crippen molar-refractivity contribution in [3.63, 3.8) is 0 Å². The van der Waals surface area contributed by atoms with E-state index in [2.05, 4.69) is 30.2 Å². The predicted molar refractivity (Wildman–Crippen MR) is 88.5 cm³/mol. The Balaban J connectivity index is 1.69. The Bertz CT molecular complexity index is 683. The van der Waals surface area contributed by atoms with E-state index in [0.717, 1.165) is 35.1 Å². The lowest BCUT2D eigenvalue weighted by Gasteiger charge is -2.08. The largest absolute Gasteiger partial charge is 0.457 e. The molecular weight excluding hydrogens is 280 g/mol. The summed E-state index contributed by atoms with van der Waals surface area (Å²) in [6.07, 6.45) is 1.20. The van der Waals surface area contributed by atoms with Gasteiger partial charge in [-0.3, -0.25) is 0 Å². The molecule has 3 aromatic rings. The third-order valence-electron chi connectivity index (χ3n) is 3.66. The normalized spacial score (nSPS) is 12.9. The number of aromatic nitrogens is 1. The van der Waals surface area contributed by atoms with Crippen LogP contribution in [0.5, 0.6) is 0 Å². The van der Waals surface area contributed by atoms with Gasteiger partial charge in [0.2, 0.25) is 0 Å². The molecule has 0 aliphatic rings. The molecule has 0 aliphatic carbocycles. The molecule has 0 radical (unpaired) electrons. The molecule has 0 fully saturated rings. The van der Waals surface area contributed by atoms with Gasteiger partial charge in [-0.2, -0.15) is 0 Å². The van der Waals surface area contributed by atoms with Crippen LogP contribution in [0.4, 0.5) is 0 Å². The summed E-state index contributed by atoms with van der Waals surface area (Å²) in [5, 5.41) is 4.38. The minimum Gasteiger partial charge on any atom is -0.457 e. The van der Waals surface area contributed by atoms with Gasteiger partial charge in [0.25, 0.3) is 0 Å². The van der Waals surface area contributed by atoms with Crippen LogP contribution in [0.25, 0.3) is 21.0 Å². The number of hydrogen-bond donors (Lipinski definition) is 1. The maximum absolute atomic E-state index is 5.90. The van der Waals surface area contributed by atoms with Crippen LogP contribution >= 0.6 is 11.3 Å². The second-order valence-corrected chi connectivity index (χ2v) is 6.43. The van der Waals surface area contributed by atoms with E-state index in [9.17, 15) is 0 Å². The lowest BCUT2D eigenvalue weighted by atomic mass is 10.1. The predicted octanol–water partition coefficient (Wildman–Crippen LogP) is 4.69. The molecule has 3 rings (SSSR count). The van der Waals surface area contributed by atoms with Gasteiger partial charge in [-0.25, -0.2) is 4.98 Å². The van der Waals surface area contributed by atoms with Gasteiger partial charge in [0.1, 0.15) is 5.76 Å². The molecule has 0 saturated heterocycles. The standard InChI is InChI=1S/C17H20N2OS/c1-3-12(2)10-18-11-13-8-9-15(20-13)17-19-14-6-4-5-7-16(14)21-17/h4-9,12,18H,3,10-11H2,1-2H3. The lowest BCUT2D eigenvalue weighted by molar-refractivity contribution is 0.454. The topological polar surface area (TPSA) is 38.1 Å². The number of nitrogens with one attached hydrogen (secondary N) is 1. The second kappa shape index (κ2) is 6.41. The molecule has 2 aromatic heterocycles. The minimum atomic E-state index is 0.698. The highest BCUT2D eigenvalue weighted by atomic mass is 32.1. The minimum absolute atomic E-state index is 0.698. The second-order valence-electron chi connectivity index (χ2n) is 5.40. The monoisotopic (exact) mass is 300 g/mol. The van der Waals surface area contributed by atoms with Gasteiger partial charge >= 0.3 is 0 Å². The fourth-order valence-corrected chi connectivity index (χ4v) is 3.08. The maximum Gasteiger partial charge on any atom is 0.163 e. The molecule has 0 spiro atoms. The van der Waals surface area contributed by atoms with Crippen molar-refractivity contribution in [1.29, 1.82) is 0 Å². The fraction of sp³-hybridized carbons (Fsp3) is 0.353. The zero-order chi connectivity index (χ0) is 14.7. The smallest absolute Gasteiger partial charge is 0.163 e. The van der Waals surface area contributed by atoms with E-state index in [-0.39, 0.29) is 0 Å². The summed E-state index contributed by atoms with van der Waals surface area (Å²) < 4.78 is 7.09. The highest BCUT2D eigenvalue weighted by molar-refractivity contribution is 7.21. The molecule has 0 bridgehead atoms. The van der Waals surface area contributed by atoms with Crippen LogP contribution in [0.3, 0.4) is 0 Å². The summed E-state index contributed by atoms with van der Waals surface area (Å²) in [5.41, 5.74) is 1.03. The Morgan fingerprint density at radius 1 is 1.24 bits per heavy atom. The van der Waals surface area contributed by atoms with Crippen molar-refractivity contribution in [3.05, 3.63) is 42.2 Å². The number of furan rings is 1. The molecule has 4 heteroatoms. The summed E-state index contributed by atoms with van der Waals surface area (Å²) in [7, 11) is 0. The van der Waals surface area contributed by atoms with Crippen molar-refractivity contribution in [3.8, 4) is 10.8 Å². The molecule has 1 N–H and O–H groups in total. The summed E-state index contributed by atoms with van der Waals surface area (Å²) in [6, 6.07) is 12.2. The van der Waals surface area contributed by atoms with Crippen LogP contribution in [0.2, 0.25) is 0 Å². The first kappa shape index (κ1) is 14.3. The van der Waals surface area contributed by atoms with E-state index in [0.29, 0.717) is 5.92 Å². The third-order valence-corrected chi connectivity index (χ3v) is 4.71. The first-order valence-corrected chi connectivity index (χ1v) is 8.23. The number of nitrogens with zero attached hydrogens (tertiary/aromatic N) is 1. The van der Waals surface area contributed by atoms with Crippen molar-refractivity contribution in [2.75, 3.05) is 6.54 Å². The van der Waals surface area contributed by atoms with Gasteiger partial charge in [0.15, 0.2) is 10.8 Å². The highest BCUT2D eigenvalue weighted by Crippen LogP contribution is 2.31. The summed E-state index contributed by atoms with van der Waals surface area (Å²) in [5.74, 6) is 2.52. The zero-order valence-electron chi connectivity index (χ0n) is 12.4. The molecule has 21 heavy (non-hydrogen) atoms. The van der Waals surface area contributed by atoms with Crippen LogP contribution in [0, 0.1) is 5.92 Å². The number of para-hydroxylation sites is 1. The Labute approximate surface area is 129 Å². The number of rotatable bonds is 6. The zero-order valence-corrected chi connectivity index (χ0v) is 13.2. The van der Waals surface area contributed by atoms with Crippen molar-refractivity contribution >= 4 is 21.6 Å². The van der Waals surface area contributed by atoms with E-state index in [1.807, 2.05) is 30.3 Å². The van der Waals surface area contributed by atoms with Crippen LogP contribution in [-0.2, 0) is 6.54 Å². The van der Waals surface area contributed by atoms with Crippen LogP contribution < -0.4 is 5.32 Å². The SMILES string of the molecule is CCC(C)CNCc1ccc(-c2nc3ccccc3s2)o1. The summed E-state index contributed by atoms with van der Waals surface area (Å²) >= 11 is 1.67. The van der Waals surface area contributed by atoms with Gasteiger partial charge in [0, 0.05) is 0 Å². The third kappa shape index (κ3) is 3.34. The summed E-state index contributed by atoms with van der Waals surface area (Å²) in [6.45, 7) is 6.26. The van der Waals surface area contributed by atoms with Gasteiger partial charge in [-0.1, -0.05) is 32.4 Å². The van der Waals surface area contributed by atoms with E-state index < -0.39 is 0 Å².